The van der Waals surface area contributed by atoms with Crippen molar-refractivity contribution in [1.82, 2.24) is 24.5 Å². The number of hydrogen-bond donors (Lipinski definition) is 1. The molecule has 0 radical (unpaired) electrons. The van der Waals surface area contributed by atoms with E-state index in [0.717, 1.165) is 11.1 Å². The van der Waals surface area contributed by atoms with E-state index in [0.29, 0.717) is 28.0 Å². The summed E-state index contributed by atoms with van der Waals surface area (Å²) >= 11 is 0. The summed E-state index contributed by atoms with van der Waals surface area (Å²) < 4.78 is 3.25. The van der Waals surface area contributed by atoms with Gasteiger partial charge in [0.25, 0.3) is 11.5 Å². The summed E-state index contributed by atoms with van der Waals surface area (Å²) in [5.41, 5.74) is 2.82. The average Bonchev–Trinajstić information content (AvgIpc) is 3.15. The van der Waals surface area contributed by atoms with Crippen LogP contribution in [0.2, 0.25) is 0 Å². The van der Waals surface area contributed by atoms with E-state index < -0.39 is 6.04 Å². The predicted octanol–water partition coefficient (Wildman–Crippen LogP) is 3.83. The van der Waals surface area contributed by atoms with E-state index >= 15 is 0 Å². The van der Waals surface area contributed by atoms with Gasteiger partial charge in [-0.05, 0) is 49.6 Å². The highest BCUT2D eigenvalue weighted by molar-refractivity contribution is 6.01. The molecule has 3 heterocycles. The molecule has 5 aromatic rings. The first kappa shape index (κ1) is 19.7. The fourth-order valence-electron chi connectivity index (χ4n) is 4.05. The highest BCUT2D eigenvalue weighted by Crippen LogP contribution is 2.22. The lowest BCUT2D eigenvalue weighted by Gasteiger charge is -2.21. The third-order valence-electron chi connectivity index (χ3n) is 5.56. The summed E-state index contributed by atoms with van der Waals surface area (Å²) in [4.78, 5) is 31.0. The lowest BCUT2D eigenvalue weighted by Crippen LogP contribution is -2.32. The van der Waals surface area contributed by atoms with Gasteiger partial charge >= 0.3 is 0 Å². The van der Waals surface area contributed by atoms with Crippen LogP contribution in [0.1, 0.15) is 34.7 Å². The number of aromatic nitrogens is 4. The van der Waals surface area contributed by atoms with E-state index in [2.05, 4.69) is 15.4 Å². The second kappa shape index (κ2) is 7.77. The van der Waals surface area contributed by atoms with Gasteiger partial charge in [0, 0.05) is 29.2 Å². The number of hydrogen-bond acceptors (Lipinski definition) is 4. The molecule has 7 heteroatoms. The maximum atomic E-state index is 13.4. The fourth-order valence-corrected chi connectivity index (χ4v) is 4.05. The minimum atomic E-state index is -0.446. The van der Waals surface area contributed by atoms with Gasteiger partial charge in [-0.15, -0.1) is 0 Å². The molecule has 0 saturated carbocycles. The van der Waals surface area contributed by atoms with Crippen LogP contribution in [0, 0.1) is 6.92 Å². The summed E-state index contributed by atoms with van der Waals surface area (Å²) in [6, 6.07) is 20.2. The molecule has 5 rings (SSSR count). The first-order valence-electron chi connectivity index (χ1n) is 10.4. The summed E-state index contributed by atoms with van der Waals surface area (Å²) in [5.74, 6) is -0.288. The van der Waals surface area contributed by atoms with Crippen LogP contribution in [0.4, 0.5) is 0 Å². The van der Waals surface area contributed by atoms with Crippen molar-refractivity contribution in [3.63, 3.8) is 0 Å². The van der Waals surface area contributed by atoms with Crippen LogP contribution in [-0.2, 0) is 0 Å². The fraction of sp³-hybridized carbons (Fsp3) is 0.120. The Kier molecular flexibility index (Phi) is 4.78. The van der Waals surface area contributed by atoms with Crippen molar-refractivity contribution in [1.29, 1.82) is 0 Å². The first-order chi connectivity index (χ1) is 15.5. The quantitative estimate of drug-likeness (QED) is 0.476. The number of rotatable bonds is 4. The van der Waals surface area contributed by atoms with E-state index in [9.17, 15) is 9.59 Å². The van der Waals surface area contributed by atoms with Crippen molar-refractivity contribution in [3.8, 4) is 5.69 Å². The maximum absolute atomic E-state index is 13.4. The molecule has 2 aromatic carbocycles. The van der Waals surface area contributed by atoms with Crippen LogP contribution >= 0.6 is 0 Å². The highest BCUT2D eigenvalue weighted by atomic mass is 16.2. The number of carbonyl (C=O) groups is 1. The smallest absolute Gasteiger partial charge is 0.263 e. The third-order valence-corrected chi connectivity index (χ3v) is 5.56. The Labute approximate surface area is 184 Å². The molecule has 32 heavy (non-hydrogen) atoms. The molecule has 7 nitrogen and oxygen atoms in total. The van der Waals surface area contributed by atoms with Crippen LogP contribution in [0.3, 0.4) is 0 Å². The molecule has 0 unspecified atom stereocenters. The largest absolute Gasteiger partial charge is 0.344 e. The van der Waals surface area contributed by atoms with E-state index in [4.69, 9.17) is 0 Å². The Morgan fingerprint density at radius 3 is 2.59 bits per heavy atom. The second-order valence-corrected chi connectivity index (χ2v) is 7.68. The second-order valence-electron chi connectivity index (χ2n) is 7.68. The average molecular weight is 423 g/mol. The van der Waals surface area contributed by atoms with Gasteiger partial charge in [0.1, 0.15) is 5.56 Å². The minimum Gasteiger partial charge on any atom is -0.344 e. The van der Waals surface area contributed by atoms with Crippen molar-refractivity contribution in [2.75, 3.05) is 0 Å². The van der Waals surface area contributed by atoms with Crippen LogP contribution < -0.4 is 10.9 Å². The Hall–Kier alpha value is -4.26. The van der Waals surface area contributed by atoms with Crippen molar-refractivity contribution in [2.45, 2.75) is 19.9 Å². The van der Waals surface area contributed by atoms with Crippen molar-refractivity contribution in [2.24, 2.45) is 0 Å². The number of pyridine rings is 1. The van der Waals surface area contributed by atoms with Crippen LogP contribution in [0.15, 0.2) is 83.9 Å². The zero-order valence-corrected chi connectivity index (χ0v) is 17.7. The number of benzene rings is 2. The van der Waals surface area contributed by atoms with E-state index in [1.807, 2.05) is 67.6 Å². The Balaban J connectivity index is 1.61. The Bertz CT molecular complexity index is 1520. The molecule has 0 saturated heterocycles. The molecule has 1 atom stereocenters. The standard InChI is InChI=1S/C25H21N5O2/c1-16(27-24(31)22-17(2)28-29-14-8-13-26-23(22)29)21-15-18-9-6-7-12-20(18)25(32)30(21)19-10-4-3-5-11-19/h3-16H,1-2H3,(H,27,31)/t16-/m0/s1. The molecular weight excluding hydrogens is 402 g/mol. The number of para-hydroxylation sites is 1. The molecule has 158 valence electrons. The Morgan fingerprint density at radius 2 is 1.78 bits per heavy atom. The predicted molar refractivity (Wildman–Crippen MR) is 123 cm³/mol. The summed E-state index contributed by atoms with van der Waals surface area (Å²) in [5, 5.41) is 8.87. The van der Waals surface area contributed by atoms with Gasteiger partial charge in [-0.3, -0.25) is 14.2 Å². The van der Waals surface area contributed by atoms with Gasteiger partial charge in [0.05, 0.1) is 11.7 Å². The molecule has 3 aromatic heterocycles. The summed E-state index contributed by atoms with van der Waals surface area (Å²) in [6.07, 6.45) is 3.39. The molecule has 0 aliphatic heterocycles. The van der Waals surface area contributed by atoms with E-state index in [1.54, 1.807) is 34.5 Å². The number of aryl methyl sites for hydroxylation is 1. The normalized spacial score (nSPS) is 12.2. The zero-order chi connectivity index (χ0) is 22.2. The molecule has 0 spiro atoms. The first-order valence-corrected chi connectivity index (χ1v) is 10.4. The lowest BCUT2D eigenvalue weighted by molar-refractivity contribution is 0.0939. The molecule has 0 aliphatic rings. The molecule has 1 amide bonds. The Morgan fingerprint density at radius 1 is 1.03 bits per heavy atom. The van der Waals surface area contributed by atoms with Gasteiger partial charge in [0.15, 0.2) is 5.65 Å². The van der Waals surface area contributed by atoms with Crippen molar-refractivity contribution >= 4 is 22.3 Å². The molecule has 0 aliphatic carbocycles. The van der Waals surface area contributed by atoms with Crippen molar-refractivity contribution in [3.05, 3.63) is 106 Å². The number of fused-ring (bicyclic) bond motifs is 2. The molecule has 1 N–H and O–H groups in total. The molecular formula is C25H21N5O2. The molecule has 0 bridgehead atoms. The minimum absolute atomic E-state index is 0.126. The summed E-state index contributed by atoms with van der Waals surface area (Å²) in [6.45, 7) is 3.65. The summed E-state index contributed by atoms with van der Waals surface area (Å²) in [7, 11) is 0. The highest BCUT2D eigenvalue weighted by Gasteiger charge is 2.22. The van der Waals surface area contributed by atoms with Crippen molar-refractivity contribution < 1.29 is 4.79 Å². The van der Waals surface area contributed by atoms with Crippen LogP contribution in [0.5, 0.6) is 0 Å². The van der Waals surface area contributed by atoms with Crippen LogP contribution in [0.25, 0.3) is 22.1 Å². The zero-order valence-electron chi connectivity index (χ0n) is 17.7. The van der Waals surface area contributed by atoms with E-state index in [-0.39, 0.29) is 11.5 Å². The van der Waals surface area contributed by atoms with Gasteiger partial charge in [-0.1, -0.05) is 36.4 Å². The van der Waals surface area contributed by atoms with E-state index in [1.165, 1.54) is 0 Å². The number of nitrogens with one attached hydrogen (secondary N) is 1. The molecule has 0 fully saturated rings. The maximum Gasteiger partial charge on any atom is 0.263 e. The van der Waals surface area contributed by atoms with Gasteiger partial charge in [-0.2, -0.15) is 5.10 Å². The SMILES string of the molecule is Cc1nn2cccnc2c1C(=O)N[C@@H](C)c1cc2ccccc2c(=O)n1-c1ccccc1. The van der Waals surface area contributed by atoms with Crippen LogP contribution in [-0.4, -0.2) is 25.1 Å². The number of carbonyl (C=O) groups excluding carboxylic acids is 1. The van der Waals surface area contributed by atoms with Gasteiger partial charge in [-0.25, -0.2) is 9.50 Å². The van der Waals surface area contributed by atoms with Gasteiger partial charge < -0.3 is 5.32 Å². The third kappa shape index (κ3) is 3.24. The topological polar surface area (TPSA) is 81.3 Å². The van der Waals surface area contributed by atoms with Gasteiger partial charge in [0.2, 0.25) is 0 Å². The number of amides is 1. The number of nitrogens with zero attached hydrogens (tertiary/aromatic N) is 4. The lowest BCUT2D eigenvalue weighted by atomic mass is 10.1. The monoisotopic (exact) mass is 423 g/mol.